The van der Waals surface area contributed by atoms with E-state index in [1.165, 1.54) is 13.8 Å². The maximum Gasteiger partial charge on any atom is 0.126 e. The molecule has 1 aromatic carbocycles. The summed E-state index contributed by atoms with van der Waals surface area (Å²) in [5.74, 6) is 3.47. The van der Waals surface area contributed by atoms with Crippen LogP contribution in [0.4, 0.5) is 0 Å². The van der Waals surface area contributed by atoms with Crippen LogP contribution >= 0.6 is 7.14 Å². The van der Waals surface area contributed by atoms with Crippen molar-refractivity contribution < 1.29 is 13.6 Å². The first kappa shape index (κ1) is 20.5. The Morgan fingerprint density at radius 3 is 1.53 bits per heavy atom. The van der Waals surface area contributed by atoms with Gasteiger partial charge in [0.05, 0.1) is 0 Å². The van der Waals surface area contributed by atoms with E-state index >= 15 is 0 Å². The zero-order valence-corrected chi connectivity index (χ0v) is 14.4. The highest BCUT2D eigenvalue weighted by Crippen LogP contribution is 2.33. The fourth-order valence-corrected chi connectivity index (χ4v) is 1.68. The van der Waals surface area contributed by atoms with Crippen molar-refractivity contribution in [3.05, 3.63) is 30.3 Å². The first-order valence-corrected chi connectivity index (χ1v) is 10.8. The van der Waals surface area contributed by atoms with Gasteiger partial charge in [0.15, 0.2) is 0 Å². The highest BCUT2D eigenvalue weighted by molar-refractivity contribution is 7.98. The fraction of sp³-hybridized carbons (Fsp3) is 0.429. The highest BCUT2D eigenvalue weighted by atomic mass is 32.2. The van der Waals surface area contributed by atoms with Crippen molar-refractivity contribution in [2.45, 2.75) is 13.8 Å². The molecule has 0 heterocycles. The van der Waals surface area contributed by atoms with Crippen LogP contribution in [0.5, 0.6) is 0 Å². The van der Waals surface area contributed by atoms with Gasteiger partial charge in [-0.2, -0.15) is 0 Å². The minimum atomic E-state index is -2.02. The number of hydrogen-bond acceptors (Lipinski definition) is 3. The van der Waals surface area contributed by atoms with Crippen molar-refractivity contribution >= 4 is 33.6 Å². The molecule has 110 valence electrons. The largest absolute Gasteiger partial charge is 0.319 e. The average molecular weight is 304 g/mol. The summed E-state index contributed by atoms with van der Waals surface area (Å²) in [6, 6.07) is 9.56. The number of rotatable bonds is 1. The Balaban J connectivity index is 0. The van der Waals surface area contributed by atoms with Gasteiger partial charge >= 0.3 is 0 Å². The Hall–Kier alpha value is -0.860. The van der Waals surface area contributed by atoms with Crippen LogP contribution in [0.15, 0.2) is 30.3 Å². The van der Waals surface area contributed by atoms with Crippen molar-refractivity contribution in [3.8, 4) is 0 Å². The van der Waals surface area contributed by atoms with Crippen molar-refractivity contribution in [3.63, 3.8) is 0 Å². The van der Waals surface area contributed by atoms with E-state index in [0.29, 0.717) is 0 Å². The van der Waals surface area contributed by atoms with Gasteiger partial charge in [-0.15, -0.1) is 0 Å². The quantitative estimate of drug-likeness (QED) is 0.591. The third kappa shape index (κ3) is 22.8. The summed E-state index contributed by atoms with van der Waals surface area (Å²) >= 11 is 0. The third-order valence-electron chi connectivity index (χ3n) is 1.38. The van der Waals surface area contributed by atoms with Gasteiger partial charge in [-0.1, -0.05) is 30.3 Å². The number of carbonyl (C=O) groups excluding carboxylic acids is 1. The predicted octanol–water partition coefficient (Wildman–Crippen LogP) is 2.49. The lowest BCUT2D eigenvalue weighted by molar-refractivity contribution is -0.114. The molecule has 0 aliphatic carbocycles. The Kier molecular flexibility index (Phi) is 9.81. The molecule has 0 saturated heterocycles. The van der Waals surface area contributed by atoms with Crippen LogP contribution < -0.4 is 5.30 Å². The SMILES string of the molecule is C=S(C)(C)=O.CC(C)=O.CP(C)(=O)c1ccccc1. The summed E-state index contributed by atoms with van der Waals surface area (Å²) in [6.07, 6.45) is 3.21. The van der Waals surface area contributed by atoms with Gasteiger partial charge in [0.25, 0.3) is 0 Å². The maximum absolute atomic E-state index is 11.4. The fourth-order valence-electron chi connectivity index (χ4n) is 0.787. The molecule has 0 aliphatic rings. The Morgan fingerprint density at radius 2 is 1.37 bits per heavy atom. The van der Waals surface area contributed by atoms with E-state index in [1.807, 2.05) is 30.3 Å². The second-order valence-corrected chi connectivity index (χ2v) is 11.1. The molecule has 0 bridgehead atoms. The lowest BCUT2D eigenvalue weighted by Gasteiger charge is -2.04. The van der Waals surface area contributed by atoms with Crippen LogP contribution in [0.2, 0.25) is 0 Å². The summed E-state index contributed by atoms with van der Waals surface area (Å²) < 4.78 is 21.5. The highest BCUT2D eigenvalue weighted by Gasteiger charge is 2.08. The van der Waals surface area contributed by atoms with Gasteiger partial charge in [-0.25, -0.2) is 0 Å². The Labute approximate surface area is 117 Å². The number of ketones is 1. The minimum absolute atomic E-state index is 0.167. The number of benzene rings is 1. The standard InChI is InChI=1S/C8H11OP.C3H8OS.C3H6O/c1-10(2,9)8-6-4-3-5-7-8;1-5(2,3)4;1-3(2)4/h3-7H,1-2H3;1H2,2-3H3;1-2H3. The van der Waals surface area contributed by atoms with E-state index in [-0.39, 0.29) is 5.78 Å². The van der Waals surface area contributed by atoms with Crippen LogP contribution in [0.25, 0.3) is 0 Å². The van der Waals surface area contributed by atoms with Gasteiger partial charge in [0.1, 0.15) is 12.9 Å². The summed E-state index contributed by atoms with van der Waals surface area (Å²) in [5, 5.41) is 0.954. The predicted molar refractivity (Wildman–Crippen MR) is 89.0 cm³/mol. The normalized spacial score (nSPS) is 10.4. The molecule has 0 spiro atoms. The Bertz CT molecular complexity index is 501. The number of carbonyl (C=O) groups is 1. The van der Waals surface area contributed by atoms with Crippen molar-refractivity contribution in [2.24, 2.45) is 0 Å². The molecule has 0 amide bonds. The van der Waals surface area contributed by atoms with Crippen molar-refractivity contribution in [1.82, 2.24) is 0 Å². The lowest BCUT2D eigenvalue weighted by atomic mass is 10.4. The molecule has 0 atom stereocenters. The zero-order chi connectivity index (χ0) is 15.7. The van der Waals surface area contributed by atoms with E-state index in [1.54, 1.807) is 25.8 Å². The lowest BCUT2D eigenvalue weighted by Crippen LogP contribution is -2.00. The first-order chi connectivity index (χ1) is 8.34. The number of hydrogen-bond donors (Lipinski definition) is 0. The van der Waals surface area contributed by atoms with Crippen LogP contribution in [0.3, 0.4) is 0 Å². The van der Waals surface area contributed by atoms with E-state index in [2.05, 4.69) is 5.87 Å². The molecule has 0 radical (unpaired) electrons. The summed E-state index contributed by atoms with van der Waals surface area (Å²) in [4.78, 5) is 9.44. The molecule has 0 saturated carbocycles. The molecule has 1 aromatic rings. The molecule has 0 N–H and O–H groups in total. The van der Waals surface area contributed by atoms with Gasteiger partial charge in [-0.05, 0) is 42.6 Å². The van der Waals surface area contributed by atoms with Crippen molar-refractivity contribution in [2.75, 3.05) is 25.8 Å². The van der Waals surface area contributed by atoms with Crippen LogP contribution in [-0.4, -0.2) is 41.7 Å². The van der Waals surface area contributed by atoms with Crippen molar-refractivity contribution in [1.29, 1.82) is 0 Å². The minimum Gasteiger partial charge on any atom is -0.319 e. The van der Waals surface area contributed by atoms with Gasteiger partial charge in [0, 0.05) is 17.8 Å². The zero-order valence-electron chi connectivity index (χ0n) is 12.7. The molecule has 0 aliphatic heterocycles. The van der Waals surface area contributed by atoms with Gasteiger partial charge in [0.2, 0.25) is 0 Å². The summed E-state index contributed by atoms with van der Waals surface area (Å²) in [7, 11) is -3.68. The average Bonchev–Trinajstić information content (AvgIpc) is 2.14. The Morgan fingerprint density at radius 1 is 1.11 bits per heavy atom. The molecule has 0 unspecified atom stereocenters. The van der Waals surface area contributed by atoms with Gasteiger partial charge < -0.3 is 9.36 Å². The molecular formula is C14H25O3PS. The third-order valence-corrected chi connectivity index (χ3v) is 2.92. The molecule has 3 nitrogen and oxygen atoms in total. The van der Waals surface area contributed by atoms with Gasteiger partial charge in [-0.3, -0.25) is 4.21 Å². The molecule has 1 rings (SSSR count). The van der Waals surface area contributed by atoms with Crippen LogP contribution in [-0.2, 0) is 18.9 Å². The second kappa shape index (κ2) is 9.11. The molecule has 19 heavy (non-hydrogen) atoms. The van der Waals surface area contributed by atoms with E-state index in [0.717, 1.165) is 5.30 Å². The molecular weight excluding hydrogens is 279 g/mol. The maximum atomic E-state index is 11.4. The van der Waals surface area contributed by atoms with E-state index in [4.69, 9.17) is 0 Å². The smallest absolute Gasteiger partial charge is 0.126 e. The number of Topliss-reactive ketones (excluding diaryl/α,β-unsaturated/α-hetero) is 1. The first-order valence-electron chi connectivity index (χ1n) is 5.69. The monoisotopic (exact) mass is 304 g/mol. The molecule has 0 fully saturated rings. The second-order valence-electron chi connectivity index (χ2n) is 5.03. The molecule has 0 aromatic heterocycles. The molecule has 5 heteroatoms. The van der Waals surface area contributed by atoms with E-state index < -0.39 is 16.7 Å². The van der Waals surface area contributed by atoms with Crippen LogP contribution in [0, 0.1) is 0 Å². The summed E-state index contributed by atoms with van der Waals surface area (Å²) in [6.45, 7) is 6.62. The van der Waals surface area contributed by atoms with E-state index in [9.17, 15) is 13.6 Å². The topological polar surface area (TPSA) is 51.2 Å². The summed E-state index contributed by atoms with van der Waals surface area (Å²) in [5.41, 5.74) is 0. The van der Waals surface area contributed by atoms with Crippen LogP contribution in [0.1, 0.15) is 13.8 Å².